The molecule has 1 aromatic carbocycles. The first-order chi connectivity index (χ1) is 11.8. The molecule has 2 atom stereocenters. The average Bonchev–Trinajstić information content (AvgIpc) is 2.99. The van der Waals surface area contributed by atoms with Gasteiger partial charge in [0.1, 0.15) is 0 Å². The minimum Gasteiger partial charge on any atom is -0.368 e. The fourth-order valence-corrected chi connectivity index (χ4v) is 4.25. The second kappa shape index (κ2) is 7.31. The number of carbonyl (C=O) groups excluding carboxylic acids is 1. The summed E-state index contributed by atoms with van der Waals surface area (Å²) < 4.78 is 22.6. The Labute approximate surface area is 149 Å². The molecule has 0 aromatic heterocycles. The van der Waals surface area contributed by atoms with E-state index in [0.29, 0.717) is 25.4 Å². The van der Waals surface area contributed by atoms with E-state index < -0.39 is 10.0 Å². The van der Waals surface area contributed by atoms with Crippen molar-refractivity contribution in [3.8, 4) is 0 Å². The number of hydrogen-bond acceptors (Lipinski definition) is 5. The van der Waals surface area contributed by atoms with E-state index in [2.05, 4.69) is 4.90 Å². The van der Waals surface area contributed by atoms with Gasteiger partial charge in [0.15, 0.2) is 0 Å². The first-order valence-corrected chi connectivity index (χ1v) is 10.3. The summed E-state index contributed by atoms with van der Waals surface area (Å²) in [6.07, 6.45) is 3.77. The molecule has 0 bridgehead atoms. The van der Waals surface area contributed by atoms with Crippen LogP contribution in [-0.2, 0) is 14.8 Å². The molecular formula is C17H26N4O3S. The van der Waals surface area contributed by atoms with Gasteiger partial charge >= 0.3 is 0 Å². The Balaban J connectivity index is 1.54. The third-order valence-corrected chi connectivity index (χ3v) is 6.25. The summed E-state index contributed by atoms with van der Waals surface area (Å²) >= 11 is 0. The lowest BCUT2D eigenvalue weighted by Crippen LogP contribution is -2.49. The molecule has 4 N–H and O–H groups in total. The fraction of sp³-hybridized carbons (Fsp3) is 0.588. The molecule has 8 heteroatoms. The smallest absolute Gasteiger partial charge is 0.238 e. The topological polar surface area (TPSA) is 110 Å². The van der Waals surface area contributed by atoms with Gasteiger partial charge in [0.05, 0.1) is 4.90 Å². The van der Waals surface area contributed by atoms with Crippen molar-refractivity contribution in [3.05, 3.63) is 24.3 Å². The highest BCUT2D eigenvalue weighted by molar-refractivity contribution is 7.89. The Bertz CT molecular complexity index is 712. The van der Waals surface area contributed by atoms with Crippen molar-refractivity contribution in [2.24, 2.45) is 16.8 Å². The van der Waals surface area contributed by atoms with Crippen molar-refractivity contribution in [3.63, 3.8) is 0 Å². The van der Waals surface area contributed by atoms with Gasteiger partial charge in [-0.15, -0.1) is 0 Å². The van der Waals surface area contributed by atoms with Crippen LogP contribution in [0.1, 0.15) is 25.7 Å². The van der Waals surface area contributed by atoms with Crippen molar-refractivity contribution < 1.29 is 13.2 Å². The van der Waals surface area contributed by atoms with Crippen LogP contribution in [0.3, 0.4) is 0 Å². The fourth-order valence-electron chi connectivity index (χ4n) is 3.73. The van der Waals surface area contributed by atoms with Crippen molar-refractivity contribution >= 4 is 21.6 Å². The van der Waals surface area contributed by atoms with E-state index in [1.165, 1.54) is 12.1 Å². The molecule has 1 aromatic rings. The van der Waals surface area contributed by atoms with Crippen molar-refractivity contribution in [1.29, 1.82) is 0 Å². The highest BCUT2D eigenvalue weighted by Gasteiger charge is 2.29. The van der Waals surface area contributed by atoms with Crippen molar-refractivity contribution in [2.45, 2.75) is 36.6 Å². The summed E-state index contributed by atoms with van der Waals surface area (Å²) in [4.78, 5) is 16.6. The number of rotatable bonds is 4. The zero-order valence-corrected chi connectivity index (χ0v) is 15.1. The summed E-state index contributed by atoms with van der Waals surface area (Å²) in [6, 6.07) is 6.72. The molecule has 25 heavy (non-hydrogen) atoms. The average molecular weight is 366 g/mol. The summed E-state index contributed by atoms with van der Waals surface area (Å²) in [6.45, 7) is 2.82. The molecule has 1 saturated heterocycles. The maximum atomic E-state index is 12.5. The van der Waals surface area contributed by atoms with E-state index in [9.17, 15) is 13.2 Å². The lowest BCUT2D eigenvalue weighted by molar-refractivity contribution is -0.132. The Hall–Kier alpha value is -1.64. The molecule has 2 aliphatic rings. The van der Waals surface area contributed by atoms with Crippen LogP contribution in [0.5, 0.6) is 0 Å². The van der Waals surface area contributed by atoms with Crippen LogP contribution in [0.25, 0.3) is 0 Å². The largest absolute Gasteiger partial charge is 0.368 e. The number of anilines is 1. The highest BCUT2D eigenvalue weighted by Crippen LogP contribution is 2.28. The molecule has 0 radical (unpaired) electrons. The molecular weight excluding hydrogens is 340 g/mol. The monoisotopic (exact) mass is 366 g/mol. The Morgan fingerprint density at radius 1 is 1.08 bits per heavy atom. The first kappa shape index (κ1) is 18.2. The summed E-state index contributed by atoms with van der Waals surface area (Å²) in [7, 11) is -3.67. The van der Waals surface area contributed by atoms with Gasteiger partial charge in [-0.3, -0.25) is 4.79 Å². The summed E-state index contributed by atoms with van der Waals surface area (Å²) in [5, 5.41) is 5.12. The Morgan fingerprint density at radius 2 is 1.72 bits per heavy atom. The van der Waals surface area contributed by atoms with Crippen LogP contribution in [0.4, 0.5) is 5.69 Å². The lowest BCUT2D eigenvalue weighted by atomic mass is 9.99. The van der Waals surface area contributed by atoms with Gasteiger partial charge in [-0.25, -0.2) is 13.6 Å². The second-order valence-corrected chi connectivity index (χ2v) is 8.53. The van der Waals surface area contributed by atoms with Crippen molar-refractivity contribution in [2.75, 3.05) is 31.1 Å². The number of nitrogens with zero attached hydrogens (tertiary/aromatic N) is 2. The van der Waals surface area contributed by atoms with Gasteiger partial charge < -0.3 is 15.5 Å². The second-order valence-electron chi connectivity index (χ2n) is 6.97. The maximum Gasteiger partial charge on any atom is 0.238 e. The normalized spacial score (nSPS) is 24.6. The lowest BCUT2D eigenvalue weighted by Gasteiger charge is -2.36. The summed E-state index contributed by atoms with van der Waals surface area (Å²) in [5.74, 6) is 0.530. The SMILES string of the molecule is N[C@@H]1CCC[C@H]1CC(=O)N1CCN(c2ccc(S(N)(=O)=O)cc2)CC1. The van der Waals surface area contributed by atoms with Gasteiger partial charge in [0.25, 0.3) is 0 Å². The maximum absolute atomic E-state index is 12.5. The molecule has 0 unspecified atom stereocenters. The molecule has 1 aliphatic heterocycles. The van der Waals surface area contributed by atoms with E-state index in [1.54, 1.807) is 12.1 Å². The van der Waals surface area contributed by atoms with Crippen molar-refractivity contribution in [1.82, 2.24) is 4.90 Å². The number of piperazine rings is 1. The minimum atomic E-state index is -3.67. The molecule has 1 heterocycles. The van der Waals surface area contributed by atoms with E-state index >= 15 is 0 Å². The van der Waals surface area contributed by atoms with E-state index in [0.717, 1.165) is 38.0 Å². The highest BCUT2D eigenvalue weighted by atomic mass is 32.2. The first-order valence-electron chi connectivity index (χ1n) is 8.76. The van der Waals surface area contributed by atoms with Gasteiger partial charge in [0.2, 0.25) is 15.9 Å². The summed E-state index contributed by atoms with van der Waals surface area (Å²) in [5.41, 5.74) is 7.01. The number of benzene rings is 1. The predicted molar refractivity (Wildman–Crippen MR) is 96.5 cm³/mol. The zero-order chi connectivity index (χ0) is 18.0. The molecule has 1 amide bonds. The molecule has 3 rings (SSSR count). The predicted octanol–water partition coefficient (Wildman–Crippen LogP) is 0.500. The molecule has 1 saturated carbocycles. The van der Waals surface area contributed by atoms with E-state index in [1.807, 2.05) is 4.90 Å². The Kier molecular flexibility index (Phi) is 5.31. The standard InChI is InChI=1S/C17H26N4O3S/c18-16-3-1-2-13(16)12-17(22)21-10-8-20(9-11-21)14-4-6-15(7-5-14)25(19,23)24/h4-7,13,16H,1-3,8-12,18H2,(H2,19,23,24)/t13-,16+/m0/s1. The number of hydrogen-bond donors (Lipinski definition) is 2. The zero-order valence-electron chi connectivity index (χ0n) is 14.3. The van der Waals surface area contributed by atoms with E-state index in [4.69, 9.17) is 10.9 Å². The Morgan fingerprint density at radius 3 is 2.24 bits per heavy atom. The van der Waals surface area contributed by atoms with Crippen LogP contribution < -0.4 is 15.8 Å². The molecule has 138 valence electrons. The number of carbonyl (C=O) groups is 1. The number of nitrogens with two attached hydrogens (primary N) is 2. The number of amides is 1. The van der Waals surface area contributed by atoms with Crippen LogP contribution in [0.2, 0.25) is 0 Å². The van der Waals surface area contributed by atoms with Crippen LogP contribution in [-0.4, -0.2) is 51.4 Å². The number of sulfonamides is 1. The third-order valence-electron chi connectivity index (χ3n) is 5.32. The van der Waals surface area contributed by atoms with Crippen LogP contribution in [0.15, 0.2) is 29.2 Å². The van der Waals surface area contributed by atoms with Crippen LogP contribution >= 0.6 is 0 Å². The van der Waals surface area contributed by atoms with Gasteiger partial charge in [-0.05, 0) is 43.0 Å². The minimum absolute atomic E-state index is 0.109. The molecule has 0 spiro atoms. The molecule has 1 aliphatic carbocycles. The van der Waals surface area contributed by atoms with E-state index in [-0.39, 0.29) is 16.8 Å². The quantitative estimate of drug-likeness (QED) is 0.806. The van der Waals surface area contributed by atoms with Gasteiger partial charge in [-0.2, -0.15) is 0 Å². The van der Waals surface area contributed by atoms with Gasteiger partial charge in [-0.1, -0.05) is 6.42 Å². The molecule has 7 nitrogen and oxygen atoms in total. The molecule has 2 fully saturated rings. The van der Waals surface area contributed by atoms with Crippen LogP contribution in [0, 0.1) is 5.92 Å². The number of primary sulfonamides is 1. The third kappa shape index (κ3) is 4.31. The van der Waals surface area contributed by atoms with Gasteiger partial charge in [0, 0.05) is 44.3 Å².